The molecule has 90 valence electrons. The van der Waals surface area contributed by atoms with Crippen LogP contribution < -0.4 is 10.6 Å². The number of carbonyl (C=O) groups is 1. The van der Waals surface area contributed by atoms with E-state index in [1.807, 2.05) is 12.3 Å². The molecule has 0 aliphatic rings. The number of hydrogen-bond acceptors (Lipinski definition) is 5. The fraction of sp³-hybridized carbons (Fsp3) is 0.600. The van der Waals surface area contributed by atoms with E-state index in [1.54, 1.807) is 13.3 Å². The van der Waals surface area contributed by atoms with Gasteiger partial charge in [-0.25, -0.2) is 4.98 Å². The first kappa shape index (κ1) is 13.1. The van der Waals surface area contributed by atoms with E-state index in [0.717, 1.165) is 5.01 Å². The van der Waals surface area contributed by atoms with Crippen LogP contribution in [0.4, 0.5) is 0 Å². The summed E-state index contributed by atoms with van der Waals surface area (Å²) in [4.78, 5) is 15.6. The van der Waals surface area contributed by atoms with Gasteiger partial charge >= 0.3 is 0 Å². The van der Waals surface area contributed by atoms with Crippen LogP contribution in [-0.2, 0) is 9.53 Å². The highest BCUT2D eigenvalue weighted by atomic mass is 32.1. The van der Waals surface area contributed by atoms with E-state index in [4.69, 9.17) is 4.74 Å². The van der Waals surface area contributed by atoms with Crippen LogP contribution in [0.3, 0.4) is 0 Å². The molecule has 1 aromatic heterocycles. The minimum absolute atomic E-state index is 0.0289. The smallest absolute Gasteiger partial charge is 0.234 e. The monoisotopic (exact) mass is 243 g/mol. The molecule has 1 atom stereocenters. The molecule has 2 N–H and O–H groups in total. The normalized spacial score (nSPS) is 12.4. The molecule has 1 amide bonds. The van der Waals surface area contributed by atoms with Crippen molar-refractivity contribution < 1.29 is 9.53 Å². The van der Waals surface area contributed by atoms with Crippen molar-refractivity contribution in [1.82, 2.24) is 15.6 Å². The second-order valence-corrected chi connectivity index (χ2v) is 4.26. The highest BCUT2D eigenvalue weighted by Gasteiger charge is 2.10. The summed E-state index contributed by atoms with van der Waals surface area (Å²) in [5, 5.41) is 8.67. The number of amides is 1. The number of carbonyl (C=O) groups excluding carboxylic acids is 1. The van der Waals surface area contributed by atoms with Gasteiger partial charge in [-0.3, -0.25) is 4.79 Å². The van der Waals surface area contributed by atoms with Crippen LogP contribution in [0.15, 0.2) is 11.6 Å². The fourth-order valence-corrected chi connectivity index (χ4v) is 1.82. The minimum Gasteiger partial charge on any atom is -0.383 e. The predicted octanol–water partition coefficient (Wildman–Crippen LogP) is 0.556. The zero-order valence-electron chi connectivity index (χ0n) is 9.53. The third kappa shape index (κ3) is 4.69. The van der Waals surface area contributed by atoms with Gasteiger partial charge in [0, 0.05) is 25.2 Å². The summed E-state index contributed by atoms with van der Waals surface area (Å²) in [5.41, 5.74) is 0. The molecule has 0 aliphatic carbocycles. The van der Waals surface area contributed by atoms with Gasteiger partial charge in [-0.05, 0) is 6.92 Å². The summed E-state index contributed by atoms with van der Waals surface area (Å²) in [6.45, 7) is 3.51. The van der Waals surface area contributed by atoms with Crippen LogP contribution in [0.1, 0.15) is 18.0 Å². The Hall–Kier alpha value is -0.980. The van der Waals surface area contributed by atoms with Gasteiger partial charge in [0.1, 0.15) is 5.01 Å². The van der Waals surface area contributed by atoms with E-state index in [0.29, 0.717) is 19.7 Å². The third-order valence-electron chi connectivity index (χ3n) is 1.97. The highest BCUT2D eigenvalue weighted by Crippen LogP contribution is 2.13. The first-order valence-electron chi connectivity index (χ1n) is 5.12. The van der Waals surface area contributed by atoms with E-state index in [1.165, 1.54) is 11.3 Å². The average Bonchev–Trinajstić information content (AvgIpc) is 2.77. The number of ether oxygens (including phenoxy) is 1. The van der Waals surface area contributed by atoms with Crippen molar-refractivity contribution in [2.45, 2.75) is 13.0 Å². The maximum absolute atomic E-state index is 11.5. The molecule has 1 aromatic rings. The van der Waals surface area contributed by atoms with Crippen molar-refractivity contribution in [2.75, 3.05) is 26.8 Å². The van der Waals surface area contributed by atoms with Crippen molar-refractivity contribution in [2.24, 2.45) is 0 Å². The quantitative estimate of drug-likeness (QED) is 0.687. The fourth-order valence-electron chi connectivity index (χ4n) is 1.18. The van der Waals surface area contributed by atoms with E-state index in [-0.39, 0.29) is 11.9 Å². The number of nitrogens with one attached hydrogen (secondary N) is 2. The summed E-state index contributed by atoms with van der Waals surface area (Å²) in [5.74, 6) is -0.0289. The Morgan fingerprint density at radius 2 is 2.50 bits per heavy atom. The predicted molar refractivity (Wildman–Crippen MR) is 63.4 cm³/mol. The van der Waals surface area contributed by atoms with Gasteiger partial charge in [0.05, 0.1) is 19.2 Å². The lowest BCUT2D eigenvalue weighted by molar-refractivity contribution is -0.120. The van der Waals surface area contributed by atoms with E-state index in [9.17, 15) is 4.79 Å². The average molecular weight is 243 g/mol. The molecule has 0 saturated heterocycles. The maximum atomic E-state index is 11.5. The molecule has 0 bridgehead atoms. The van der Waals surface area contributed by atoms with Gasteiger partial charge in [-0.1, -0.05) is 0 Å². The Morgan fingerprint density at radius 1 is 1.69 bits per heavy atom. The van der Waals surface area contributed by atoms with Gasteiger partial charge < -0.3 is 15.4 Å². The highest BCUT2D eigenvalue weighted by molar-refractivity contribution is 7.09. The molecule has 5 nitrogen and oxygen atoms in total. The van der Waals surface area contributed by atoms with Crippen LogP contribution in [0.2, 0.25) is 0 Å². The zero-order chi connectivity index (χ0) is 11.8. The third-order valence-corrected chi connectivity index (χ3v) is 2.93. The first-order chi connectivity index (χ1) is 7.74. The van der Waals surface area contributed by atoms with Crippen molar-refractivity contribution >= 4 is 17.2 Å². The van der Waals surface area contributed by atoms with Crippen LogP contribution in [0.5, 0.6) is 0 Å². The Morgan fingerprint density at radius 3 is 3.12 bits per heavy atom. The Kier molecular flexibility index (Phi) is 5.99. The van der Waals surface area contributed by atoms with Crippen molar-refractivity contribution in [3.8, 4) is 0 Å². The Bertz CT molecular complexity index is 303. The second kappa shape index (κ2) is 7.32. The number of methoxy groups -OCH3 is 1. The van der Waals surface area contributed by atoms with Gasteiger partial charge in [-0.2, -0.15) is 0 Å². The topological polar surface area (TPSA) is 63.2 Å². The largest absolute Gasteiger partial charge is 0.383 e. The lowest BCUT2D eigenvalue weighted by atomic mass is 10.3. The molecular formula is C10H17N3O2S. The number of aromatic nitrogens is 1. The van der Waals surface area contributed by atoms with Gasteiger partial charge in [0.15, 0.2) is 0 Å². The molecule has 0 saturated carbocycles. The van der Waals surface area contributed by atoms with E-state index >= 15 is 0 Å². The zero-order valence-corrected chi connectivity index (χ0v) is 10.3. The molecule has 1 unspecified atom stereocenters. The van der Waals surface area contributed by atoms with Crippen molar-refractivity contribution in [3.05, 3.63) is 16.6 Å². The van der Waals surface area contributed by atoms with Crippen LogP contribution >= 0.6 is 11.3 Å². The van der Waals surface area contributed by atoms with E-state index in [2.05, 4.69) is 15.6 Å². The summed E-state index contributed by atoms with van der Waals surface area (Å²) in [7, 11) is 1.63. The van der Waals surface area contributed by atoms with Crippen molar-refractivity contribution in [3.63, 3.8) is 0 Å². The summed E-state index contributed by atoms with van der Waals surface area (Å²) >= 11 is 1.54. The molecule has 6 heteroatoms. The lowest BCUT2D eigenvalue weighted by Crippen LogP contribution is -2.36. The van der Waals surface area contributed by atoms with Gasteiger partial charge in [0.25, 0.3) is 0 Å². The molecular weight excluding hydrogens is 226 g/mol. The summed E-state index contributed by atoms with van der Waals surface area (Å²) < 4.78 is 4.86. The SMILES string of the molecule is COCCNCC(=O)NC(C)c1nccs1. The van der Waals surface area contributed by atoms with Gasteiger partial charge in [-0.15, -0.1) is 11.3 Å². The number of rotatable bonds is 7. The van der Waals surface area contributed by atoms with Gasteiger partial charge in [0.2, 0.25) is 5.91 Å². The molecule has 0 fully saturated rings. The standard InChI is InChI=1S/C10H17N3O2S/c1-8(10-12-4-6-16-10)13-9(14)7-11-3-5-15-2/h4,6,8,11H,3,5,7H2,1-2H3,(H,13,14). The molecule has 16 heavy (non-hydrogen) atoms. The van der Waals surface area contributed by atoms with Crippen molar-refractivity contribution in [1.29, 1.82) is 0 Å². The molecule has 1 rings (SSSR count). The molecule has 0 aliphatic heterocycles. The van der Waals surface area contributed by atoms with Crippen LogP contribution in [0, 0.1) is 0 Å². The van der Waals surface area contributed by atoms with Crippen LogP contribution in [-0.4, -0.2) is 37.7 Å². The maximum Gasteiger partial charge on any atom is 0.234 e. The minimum atomic E-state index is -0.0308. The number of hydrogen-bond donors (Lipinski definition) is 2. The summed E-state index contributed by atoms with van der Waals surface area (Å²) in [6, 6.07) is -0.0308. The molecule has 0 aromatic carbocycles. The molecule has 1 heterocycles. The summed E-state index contributed by atoms with van der Waals surface area (Å²) in [6.07, 6.45) is 1.74. The first-order valence-corrected chi connectivity index (χ1v) is 6.00. The molecule has 0 spiro atoms. The molecule has 0 radical (unpaired) electrons. The van der Waals surface area contributed by atoms with Crippen LogP contribution in [0.25, 0.3) is 0 Å². The second-order valence-electron chi connectivity index (χ2n) is 3.33. The Balaban J connectivity index is 2.19. The number of thiazole rings is 1. The lowest BCUT2D eigenvalue weighted by Gasteiger charge is -2.11. The Labute approximate surface area is 99.2 Å². The number of nitrogens with zero attached hydrogens (tertiary/aromatic N) is 1. The van der Waals surface area contributed by atoms with E-state index < -0.39 is 0 Å².